The molecule has 0 saturated heterocycles. The summed E-state index contributed by atoms with van der Waals surface area (Å²) in [6.07, 6.45) is 0.430. The third-order valence-electron chi connectivity index (χ3n) is 6.10. The Kier molecular flexibility index (Phi) is 6.33. The molecule has 0 atom stereocenters. The van der Waals surface area contributed by atoms with Gasteiger partial charge in [0.15, 0.2) is 46.5 Å². The maximum Gasteiger partial charge on any atom is 0.258 e. The van der Waals surface area contributed by atoms with Gasteiger partial charge >= 0.3 is 0 Å². The fourth-order valence-corrected chi connectivity index (χ4v) is 4.20. The number of fused-ring (bicyclic) bond motifs is 3. The van der Waals surface area contributed by atoms with E-state index in [2.05, 4.69) is 10.6 Å². The second-order valence-corrected chi connectivity index (χ2v) is 8.52. The Morgan fingerprint density at radius 2 is 0.897 bits per heavy atom. The maximum absolute atomic E-state index is 14.0. The van der Waals surface area contributed by atoms with Crippen LogP contribution in [0.3, 0.4) is 0 Å². The van der Waals surface area contributed by atoms with E-state index in [0.29, 0.717) is 17.5 Å². The predicted octanol–water partition coefficient (Wildman–Crippen LogP) is 6.88. The summed E-state index contributed by atoms with van der Waals surface area (Å²) in [7, 11) is 0. The first-order chi connectivity index (χ1) is 18.5. The minimum absolute atomic E-state index is 0.0879. The van der Waals surface area contributed by atoms with Crippen LogP contribution in [0.4, 0.5) is 46.5 Å². The third kappa shape index (κ3) is 4.47. The van der Waals surface area contributed by atoms with Crippen LogP contribution in [0.15, 0.2) is 48.5 Å². The summed E-state index contributed by atoms with van der Waals surface area (Å²) < 4.78 is 109. The second kappa shape index (κ2) is 9.53. The highest BCUT2D eigenvalue weighted by atomic mass is 19.2. The van der Waals surface area contributed by atoms with E-state index in [4.69, 9.17) is 0 Å². The number of rotatable bonds is 4. The lowest BCUT2D eigenvalue weighted by Gasteiger charge is -2.11. The highest BCUT2D eigenvalue weighted by Gasteiger charge is 2.26. The SMILES string of the molecule is O=C(Nc1ccc2c(c1)-c1cc(NC(=O)c3cc(F)c(F)c(F)c3F)ccc1C2)c1cc(F)c(F)c(F)c1F. The fraction of sp³-hybridized carbons (Fsp3) is 0.0370. The van der Waals surface area contributed by atoms with Crippen molar-refractivity contribution in [1.29, 1.82) is 0 Å². The van der Waals surface area contributed by atoms with Gasteiger partial charge in [0.25, 0.3) is 11.8 Å². The highest BCUT2D eigenvalue weighted by Crippen LogP contribution is 2.40. The van der Waals surface area contributed by atoms with Gasteiger partial charge < -0.3 is 10.6 Å². The molecule has 198 valence electrons. The van der Waals surface area contributed by atoms with Crippen molar-refractivity contribution in [2.24, 2.45) is 0 Å². The van der Waals surface area contributed by atoms with Crippen LogP contribution in [0.2, 0.25) is 0 Å². The molecule has 2 N–H and O–H groups in total. The van der Waals surface area contributed by atoms with Gasteiger partial charge in [0.05, 0.1) is 11.1 Å². The number of carbonyl (C=O) groups excluding carboxylic acids is 2. The third-order valence-corrected chi connectivity index (χ3v) is 6.10. The lowest BCUT2D eigenvalue weighted by atomic mass is 10.0. The summed E-state index contributed by atoms with van der Waals surface area (Å²) in [5.41, 5.74) is 0.684. The number of anilines is 2. The highest BCUT2D eigenvalue weighted by molar-refractivity contribution is 6.06. The smallest absolute Gasteiger partial charge is 0.258 e. The van der Waals surface area contributed by atoms with Gasteiger partial charge in [0.1, 0.15) is 0 Å². The summed E-state index contributed by atoms with van der Waals surface area (Å²) in [5, 5.41) is 4.55. The largest absolute Gasteiger partial charge is 0.322 e. The lowest BCUT2D eigenvalue weighted by molar-refractivity contribution is 0.101. The average molecular weight is 548 g/mol. The van der Waals surface area contributed by atoms with Crippen molar-refractivity contribution in [3.8, 4) is 11.1 Å². The molecular formula is C27H12F8N2O2. The molecule has 4 nitrogen and oxygen atoms in total. The number of hydrogen-bond donors (Lipinski definition) is 2. The molecule has 0 spiro atoms. The normalized spacial score (nSPS) is 11.7. The summed E-state index contributed by atoms with van der Waals surface area (Å²) >= 11 is 0. The molecule has 4 aromatic rings. The summed E-state index contributed by atoms with van der Waals surface area (Å²) in [6.45, 7) is 0. The van der Waals surface area contributed by atoms with Crippen LogP contribution in [0, 0.1) is 46.5 Å². The molecule has 4 aromatic carbocycles. The summed E-state index contributed by atoms with van der Waals surface area (Å²) in [6, 6.07) is 9.49. The molecule has 2 amide bonds. The maximum atomic E-state index is 14.0. The molecule has 0 bridgehead atoms. The minimum Gasteiger partial charge on any atom is -0.322 e. The van der Waals surface area contributed by atoms with Crippen molar-refractivity contribution in [3.05, 3.63) is 117 Å². The van der Waals surface area contributed by atoms with Crippen molar-refractivity contribution in [2.75, 3.05) is 10.6 Å². The zero-order valence-corrected chi connectivity index (χ0v) is 19.2. The van der Waals surface area contributed by atoms with E-state index in [-0.39, 0.29) is 23.5 Å². The molecule has 0 unspecified atom stereocenters. The predicted molar refractivity (Wildman–Crippen MR) is 123 cm³/mol. The van der Waals surface area contributed by atoms with Crippen LogP contribution in [0.25, 0.3) is 11.1 Å². The Hall–Kier alpha value is -4.74. The van der Waals surface area contributed by atoms with Crippen molar-refractivity contribution in [3.63, 3.8) is 0 Å². The molecule has 39 heavy (non-hydrogen) atoms. The van der Waals surface area contributed by atoms with Crippen molar-refractivity contribution >= 4 is 23.2 Å². The number of hydrogen-bond acceptors (Lipinski definition) is 2. The van der Waals surface area contributed by atoms with E-state index in [1.165, 1.54) is 24.3 Å². The fourth-order valence-electron chi connectivity index (χ4n) is 4.20. The van der Waals surface area contributed by atoms with Gasteiger partial charge in [-0.2, -0.15) is 0 Å². The van der Waals surface area contributed by atoms with Gasteiger partial charge in [-0.05, 0) is 65.1 Å². The van der Waals surface area contributed by atoms with Crippen LogP contribution < -0.4 is 10.6 Å². The molecule has 0 fully saturated rings. The molecule has 1 aliphatic carbocycles. The Labute approximate surface area is 213 Å². The van der Waals surface area contributed by atoms with Crippen LogP contribution in [0.1, 0.15) is 31.8 Å². The zero-order chi connectivity index (χ0) is 28.2. The summed E-state index contributed by atoms with van der Waals surface area (Å²) in [4.78, 5) is 24.9. The van der Waals surface area contributed by atoms with Gasteiger partial charge in [-0.15, -0.1) is 0 Å². The van der Waals surface area contributed by atoms with E-state index in [1.54, 1.807) is 12.1 Å². The standard InChI is InChI=1S/C27H12F8N2O2/c28-18-8-16(20(30)24(34)22(18)32)26(38)36-12-3-1-10-5-11-2-4-13(7-15(11)14(10)6-12)37-27(39)17-9-19(29)23(33)25(35)21(17)31/h1-4,6-9H,5H2,(H,36,38)(H,37,39). The van der Waals surface area contributed by atoms with Gasteiger partial charge in [-0.25, -0.2) is 35.1 Å². The first kappa shape index (κ1) is 25.9. The molecule has 0 aliphatic heterocycles. The van der Waals surface area contributed by atoms with E-state index in [0.717, 1.165) is 11.1 Å². The molecule has 1 aliphatic rings. The minimum atomic E-state index is -2.14. The number of nitrogens with one attached hydrogen (secondary N) is 2. The molecule has 12 heteroatoms. The van der Waals surface area contributed by atoms with E-state index >= 15 is 0 Å². The Morgan fingerprint density at radius 3 is 1.28 bits per heavy atom. The van der Waals surface area contributed by atoms with E-state index in [9.17, 15) is 44.7 Å². The zero-order valence-electron chi connectivity index (χ0n) is 19.2. The Balaban J connectivity index is 1.41. The molecule has 0 radical (unpaired) electrons. The van der Waals surface area contributed by atoms with E-state index in [1.807, 2.05) is 0 Å². The van der Waals surface area contributed by atoms with Crippen molar-refractivity contribution in [1.82, 2.24) is 0 Å². The number of benzene rings is 4. The monoisotopic (exact) mass is 548 g/mol. The van der Waals surface area contributed by atoms with Gasteiger partial charge in [0.2, 0.25) is 0 Å². The van der Waals surface area contributed by atoms with Gasteiger partial charge in [-0.3, -0.25) is 9.59 Å². The molecule has 0 saturated carbocycles. The number of amides is 2. The average Bonchev–Trinajstić information content (AvgIpc) is 3.27. The van der Waals surface area contributed by atoms with E-state index < -0.39 is 69.5 Å². The van der Waals surface area contributed by atoms with Crippen molar-refractivity contribution < 1.29 is 44.7 Å². The van der Waals surface area contributed by atoms with Gasteiger partial charge in [0, 0.05) is 11.4 Å². The van der Waals surface area contributed by atoms with Crippen LogP contribution in [-0.2, 0) is 6.42 Å². The first-order valence-electron chi connectivity index (χ1n) is 11.0. The topological polar surface area (TPSA) is 58.2 Å². The first-order valence-corrected chi connectivity index (χ1v) is 11.0. The Bertz CT molecular complexity index is 1600. The van der Waals surface area contributed by atoms with Gasteiger partial charge in [-0.1, -0.05) is 12.1 Å². The molecule has 0 aromatic heterocycles. The molecular weight excluding hydrogens is 536 g/mol. The Morgan fingerprint density at radius 1 is 0.513 bits per heavy atom. The van der Waals surface area contributed by atoms with Crippen molar-refractivity contribution in [2.45, 2.75) is 6.42 Å². The van der Waals surface area contributed by atoms with Crippen LogP contribution in [-0.4, -0.2) is 11.8 Å². The van der Waals surface area contributed by atoms with Crippen LogP contribution in [0.5, 0.6) is 0 Å². The molecule has 0 heterocycles. The lowest BCUT2D eigenvalue weighted by Crippen LogP contribution is -2.16. The quantitative estimate of drug-likeness (QED) is 0.146. The second-order valence-electron chi connectivity index (χ2n) is 8.52. The number of halogens is 8. The van der Waals surface area contributed by atoms with Crippen LogP contribution >= 0.6 is 0 Å². The number of carbonyl (C=O) groups is 2. The molecule has 5 rings (SSSR count). The summed E-state index contributed by atoms with van der Waals surface area (Å²) in [5.74, 6) is -18.1.